The number of amides is 1. The summed E-state index contributed by atoms with van der Waals surface area (Å²) in [6, 6.07) is -1.02. The number of rotatable bonds is 6. The van der Waals surface area contributed by atoms with E-state index in [-0.39, 0.29) is 6.42 Å². The fourth-order valence-electron chi connectivity index (χ4n) is 0.884. The van der Waals surface area contributed by atoms with E-state index in [0.29, 0.717) is 12.8 Å². The Kier molecular flexibility index (Phi) is 4.40. The zero-order chi connectivity index (χ0) is 10.5. The Morgan fingerprint density at radius 3 is 2.54 bits per heavy atom. The Labute approximate surface area is 76.8 Å². The molecule has 13 heavy (non-hydrogen) atoms. The summed E-state index contributed by atoms with van der Waals surface area (Å²) in [5.41, 5.74) is -1.06. The smallest absolute Gasteiger partial charge is 0.326 e. The van der Waals surface area contributed by atoms with Crippen LogP contribution in [0, 0.1) is 0 Å². The lowest BCUT2D eigenvalue weighted by atomic mass is 9.94. The molecule has 0 aromatic rings. The van der Waals surface area contributed by atoms with Crippen LogP contribution in [-0.2, 0) is 9.59 Å². The van der Waals surface area contributed by atoms with Crippen molar-refractivity contribution in [3.8, 4) is 0 Å². The predicted octanol–water partition coefficient (Wildman–Crippen LogP) is -0.263. The molecule has 2 atom stereocenters. The van der Waals surface area contributed by atoms with Gasteiger partial charge in [-0.2, -0.15) is 0 Å². The molecule has 0 aliphatic rings. The maximum atomic E-state index is 10.6. The molecule has 0 radical (unpaired) electrons. The second-order valence-corrected chi connectivity index (χ2v) is 3.23. The van der Waals surface area contributed by atoms with E-state index in [1.165, 1.54) is 6.92 Å². The van der Waals surface area contributed by atoms with E-state index in [1.807, 2.05) is 0 Å². The Morgan fingerprint density at radius 2 is 2.23 bits per heavy atom. The highest BCUT2D eigenvalue weighted by atomic mass is 16.4. The molecular formula is C8H15NO4. The summed E-state index contributed by atoms with van der Waals surface area (Å²) in [5.74, 6) is -1.14. The number of carboxylic acids is 1. The molecule has 0 rings (SSSR count). The van der Waals surface area contributed by atoms with E-state index in [2.05, 4.69) is 5.32 Å². The van der Waals surface area contributed by atoms with Crippen LogP contribution in [0.4, 0.5) is 0 Å². The number of aliphatic carboxylic acids is 1. The van der Waals surface area contributed by atoms with E-state index >= 15 is 0 Å². The molecule has 5 heteroatoms. The van der Waals surface area contributed by atoms with Crippen LogP contribution in [0.25, 0.3) is 0 Å². The van der Waals surface area contributed by atoms with Crippen molar-refractivity contribution < 1.29 is 19.8 Å². The number of hydrogen-bond acceptors (Lipinski definition) is 3. The van der Waals surface area contributed by atoms with Gasteiger partial charge in [0.05, 0.1) is 5.60 Å². The van der Waals surface area contributed by atoms with Crippen LogP contribution in [0.1, 0.15) is 26.7 Å². The summed E-state index contributed by atoms with van der Waals surface area (Å²) in [6.45, 7) is 3.29. The Balaban J connectivity index is 4.24. The quantitative estimate of drug-likeness (QED) is 0.502. The van der Waals surface area contributed by atoms with Gasteiger partial charge < -0.3 is 15.5 Å². The van der Waals surface area contributed by atoms with E-state index in [1.54, 1.807) is 6.92 Å². The zero-order valence-corrected chi connectivity index (χ0v) is 7.78. The molecule has 0 saturated carbocycles. The number of hydrogen-bond donors (Lipinski definition) is 3. The van der Waals surface area contributed by atoms with E-state index in [0.717, 1.165) is 0 Å². The molecule has 0 heterocycles. The molecule has 0 spiro atoms. The van der Waals surface area contributed by atoms with Gasteiger partial charge in [-0.25, -0.2) is 4.79 Å². The highest BCUT2D eigenvalue weighted by Crippen LogP contribution is 2.15. The first-order chi connectivity index (χ1) is 5.93. The van der Waals surface area contributed by atoms with Gasteiger partial charge in [0.25, 0.3) is 0 Å². The van der Waals surface area contributed by atoms with Crippen LogP contribution in [0.15, 0.2) is 0 Å². The molecule has 1 amide bonds. The van der Waals surface area contributed by atoms with Gasteiger partial charge in [-0.3, -0.25) is 4.79 Å². The molecule has 0 aliphatic heterocycles. The maximum Gasteiger partial charge on any atom is 0.326 e. The molecule has 0 aliphatic carbocycles. The van der Waals surface area contributed by atoms with Crippen molar-refractivity contribution in [2.24, 2.45) is 0 Å². The molecule has 3 N–H and O–H groups in total. The van der Waals surface area contributed by atoms with Crippen LogP contribution in [0.5, 0.6) is 0 Å². The lowest BCUT2D eigenvalue weighted by molar-refractivity contribution is -0.142. The number of carbonyl (C=O) groups is 2. The zero-order valence-electron chi connectivity index (χ0n) is 7.78. The average Bonchev–Trinajstić information content (AvgIpc) is 2.03. The fraction of sp³-hybridized carbons (Fsp3) is 0.750. The lowest BCUT2D eigenvalue weighted by Crippen LogP contribution is -2.42. The second kappa shape index (κ2) is 4.81. The molecule has 2 unspecified atom stereocenters. The highest BCUT2D eigenvalue weighted by Gasteiger charge is 2.27. The van der Waals surface area contributed by atoms with Gasteiger partial charge in [0.1, 0.15) is 6.04 Å². The molecular weight excluding hydrogens is 174 g/mol. The maximum absolute atomic E-state index is 10.6. The summed E-state index contributed by atoms with van der Waals surface area (Å²) < 4.78 is 0. The summed E-state index contributed by atoms with van der Waals surface area (Å²) >= 11 is 0. The van der Waals surface area contributed by atoms with Gasteiger partial charge >= 0.3 is 5.97 Å². The van der Waals surface area contributed by atoms with Gasteiger partial charge in [-0.1, -0.05) is 6.92 Å². The Bertz CT molecular complexity index is 191. The molecule has 0 bridgehead atoms. The first-order valence-electron chi connectivity index (χ1n) is 4.08. The largest absolute Gasteiger partial charge is 0.480 e. The van der Waals surface area contributed by atoms with Crippen molar-refractivity contribution in [1.29, 1.82) is 0 Å². The van der Waals surface area contributed by atoms with Crippen LogP contribution in [0.2, 0.25) is 0 Å². The van der Waals surface area contributed by atoms with Gasteiger partial charge in [-0.15, -0.1) is 0 Å². The normalized spacial score (nSPS) is 17.2. The summed E-state index contributed by atoms with van der Waals surface area (Å²) in [6.07, 6.45) is 0.777. The van der Waals surface area contributed by atoms with Crippen molar-refractivity contribution in [2.75, 3.05) is 0 Å². The van der Waals surface area contributed by atoms with E-state index < -0.39 is 17.6 Å². The molecule has 0 aromatic heterocycles. The monoisotopic (exact) mass is 189 g/mol. The SMILES string of the molecule is CCC(C)(O)CC(NC=O)C(=O)O. The molecule has 76 valence electrons. The number of carbonyl (C=O) groups excluding carboxylic acids is 1. The van der Waals surface area contributed by atoms with Crippen molar-refractivity contribution in [1.82, 2.24) is 5.32 Å². The van der Waals surface area contributed by atoms with Crippen LogP contribution in [-0.4, -0.2) is 34.2 Å². The number of nitrogens with one attached hydrogen (secondary N) is 1. The minimum absolute atomic E-state index is 0.0115. The Hall–Kier alpha value is -1.10. The summed E-state index contributed by atoms with van der Waals surface area (Å²) in [4.78, 5) is 20.6. The summed E-state index contributed by atoms with van der Waals surface area (Å²) in [5, 5.41) is 20.3. The van der Waals surface area contributed by atoms with E-state index in [9.17, 15) is 14.7 Å². The van der Waals surface area contributed by atoms with Crippen LogP contribution < -0.4 is 5.32 Å². The van der Waals surface area contributed by atoms with Gasteiger partial charge in [-0.05, 0) is 13.3 Å². The van der Waals surface area contributed by atoms with Crippen molar-refractivity contribution in [3.63, 3.8) is 0 Å². The number of aliphatic hydroxyl groups is 1. The molecule has 0 aromatic carbocycles. The molecule has 0 saturated heterocycles. The second-order valence-electron chi connectivity index (χ2n) is 3.23. The highest BCUT2D eigenvalue weighted by molar-refractivity contribution is 5.76. The van der Waals surface area contributed by atoms with Crippen LogP contribution >= 0.6 is 0 Å². The lowest BCUT2D eigenvalue weighted by Gasteiger charge is -2.24. The van der Waals surface area contributed by atoms with Crippen molar-refractivity contribution >= 4 is 12.4 Å². The van der Waals surface area contributed by atoms with Crippen LogP contribution in [0.3, 0.4) is 0 Å². The summed E-state index contributed by atoms with van der Waals surface area (Å²) in [7, 11) is 0. The third-order valence-electron chi connectivity index (χ3n) is 1.97. The van der Waals surface area contributed by atoms with Crippen molar-refractivity contribution in [3.05, 3.63) is 0 Å². The number of carboxylic acid groups (broad SMARTS) is 1. The third-order valence-corrected chi connectivity index (χ3v) is 1.97. The van der Waals surface area contributed by atoms with E-state index in [4.69, 9.17) is 5.11 Å². The third kappa shape index (κ3) is 4.47. The standard InChI is InChI=1S/C8H15NO4/c1-3-8(2,13)4-6(7(11)12)9-5-10/h5-6,13H,3-4H2,1-2H3,(H,9,10)(H,11,12). The molecule has 0 fully saturated rings. The predicted molar refractivity (Wildman–Crippen MR) is 46.2 cm³/mol. The fourth-order valence-corrected chi connectivity index (χ4v) is 0.884. The average molecular weight is 189 g/mol. The molecule has 5 nitrogen and oxygen atoms in total. The van der Waals surface area contributed by atoms with Gasteiger partial charge in [0.2, 0.25) is 6.41 Å². The Morgan fingerprint density at radius 1 is 1.69 bits per heavy atom. The van der Waals surface area contributed by atoms with Gasteiger partial charge in [0.15, 0.2) is 0 Å². The minimum atomic E-state index is -1.14. The topological polar surface area (TPSA) is 86.6 Å². The van der Waals surface area contributed by atoms with Crippen molar-refractivity contribution in [2.45, 2.75) is 38.3 Å². The first kappa shape index (κ1) is 11.9. The first-order valence-corrected chi connectivity index (χ1v) is 4.08. The minimum Gasteiger partial charge on any atom is -0.480 e. The van der Waals surface area contributed by atoms with Gasteiger partial charge in [0, 0.05) is 6.42 Å².